The summed E-state index contributed by atoms with van der Waals surface area (Å²) >= 11 is 0. The number of hydrogen-bond donors (Lipinski definition) is 4. The normalized spacial score (nSPS) is 14.6. The van der Waals surface area contributed by atoms with Crippen molar-refractivity contribution >= 4 is 13.7 Å². The molecule has 1 amide bonds. The van der Waals surface area contributed by atoms with E-state index in [2.05, 4.69) is 19.2 Å². The van der Waals surface area contributed by atoms with Gasteiger partial charge in [-0.2, -0.15) is 0 Å². The van der Waals surface area contributed by atoms with E-state index in [9.17, 15) is 19.4 Å². The standard InChI is InChI=1S/C31H65N2O6P/c1-3-5-7-9-11-12-13-14-15-16-17-19-21-23-25-31(35)33-29(28-39-40(36,37)38-27-26-32)30(34)24-22-20-18-10-8-6-4-2/h29-30,34H,3-28,32H2,1-2H3,(H,33,35)(H,36,37). The minimum absolute atomic E-state index is 0.0914. The molecule has 0 aliphatic heterocycles. The zero-order valence-corrected chi connectivity index (χ0v) is 27.0. The first kappa shape index (κ1) is 39.5. The van der Waals surface area contributed by atoms with E-state index in [1.54, 1.807) is 0 Å². The van der Waals surface area contributed by atoms with E-state index in [1.165, 1.54) is 96.3 Å². The van der Waals surface area contributed by atoms with Crippen LogP contribution in [0.25, 0.3) is 0 Å². The molecule has 0 saturated heterocycles. The molecule has 40 heavy (non-hydrogen) atoms. The van der Waals surface area contributed by atoms with Crippen molar-refractivity contribution in [3.63, 3.8) is 0 Å². The molecule has 3 atom stereocenters. The fraction of sp³-hybridized carbons (Fsp3) is 0.968. The summed E-state index contributed by atoms with van der Waals surface area (Å²) in [6, 6.07) is -0.763. The molecular formula is C31H65N2O6P. The van der Waals surface area contributed by atoms with Gasteiger partial charge in [0.25, 0.3) is 0 Å². The van der Waals surface area contributed by atoms with Gasteiger partial charge in [-0.1, -0.05) is 142 Å². The highest BCUT2D eigenvalue weighted by molar-refractivity contribution is 7.47. The van der Waals surface area contributed by atoms with Crippen LogP contribution >= 0.6 is 7.82 Å². The quantitative estimate of drug-likeness (QED) is 0.0475. The van der Waals surface area contributed by atoms with E-state index in [-0.39, 0.29) is 25.7 Å². The fourth-order valence-corrected chi connectivity index (χ4v) is 5.66. The van der Waals surface area contributed by atoms with Gasteiger partial charge in [0.1, 0.15) is 0 Å². The Morgan fingerprint density at radius 1 is 0.725 bits per heavy atom. The molecule has 0 spiro atoms. The van der Waals surface area contributed by atoms with Gasteiger partial charge in [-0.15, -0.1) is 0 Å². The van der Waals surface area contributed by atoms with Crippen molar-refractivity contribution in [2.24, 2.45) is 5.73 Å². The van der Waals surface area contributed by atoms with Gasteiger partial charge in [0.2, 0.25) is 5.91 Å². The number of nitrogens with one attached hydrogen (secondary N) is 1. The molecule has 0 saturated carbocycles. The van der Waals surface area contributed by atoms with E-state index < -0.39 is 20.0 Å². The smallest absolute Gasteiger partial charge is 0.391 e. The Balaban J connectivity index is 4.21. The second-order valence-corrected chi connectivity index (χ2v) is 12.8. The first-order chi connectivity index (χ1) is 19.4. The summed E-state index contributed by atoms with van der Waals surface area (Å²) < 4.78 is 21.9. The molecule has 9 heteroatoms. The summed E-state index contributed by atoms with van der Waals surface area (Å²) in [4.78, 5) is 22.4. The zero-order valence-electron chi connectivity index (χ0n) is 26.1. The van der Waals surface area contributed by atoms with Crippen LogP contribution in [-0.2, 0) is 18.4 Å². The Hall–Kier alpha value is -0.500. The number of aliphatic hydroxyl groups excluding tert-OH is 1. The highest BCUT2D eigenvalue weighted by Crippen LogP contribution is 2.43. The Morgan fingerprint density at radius 2 is 1.15 bits per heavy atom. The summed E-state index contributed by atoms with van der Waals surface area (Å²) in [7, 11) is -4.29. The topological polar surface area (TPSA) is 131 Å². The highest BCUT2D eigenvalue weighted by atomic mass is 31.2. The third-order valence-electron chi connectivity index (χ3n) is 7.46. The monoisotopic (exact) mass is 592 g/mol. The Morgan fingerprint density at radius 3 is 1.60 bits per heavy atom. The van der Waals surface area contributed by atoms with E-state index in [0.29, 0.717) is 12.8 Å². The summed E-state index contributed by atoms with van der Waals surface area (Å²) in [5.74, 6) is -0.165. The Labute approximate surface area is 246 Å². The number of aliphatic hydroxyl groups is 1. The lowest BCUT2D eigenvalue weighted by Crippen LogP contribution is -2.46. The average Bonchev–Trinajstić information content (AvgIpc) is 2.93. The molecule has 0 bridgehead atoms. The molecule has 240 valence electrons. The molecule has 0 aromatic rings. The molecule has 0 aromatic heterocycles. The maximum atomic E-state index is 12.6. The van der Waals surface area contributed by atoms with Gasteiger partial charge >= 0.3 is 7.82 Å². The number of rotatable bonds is 31. The SMILES string of the molecule is CCCCCCCCCCCCCCCCC(=O)NC(COP(=O)(O)OCCN)C(O)CCCCCCCCC. The fourth-order valence-electron chi connectivity index (χ4n) is 4.90. The van der Waals surface area contributed by atoms with Crippen LogP contribution in [-0.4, -0.2) is 47.8 Å². The number of unbranched alkanes of at least 4 members (excludes halogenated alkanes) is 19. The minimum atomic E-state index is -4.29. The second kappa shape index (κ2) is 28.6. The third kappa shape index (κ3) is 26.4. The van der Waals surface area contributed by atoms with E-state index in [1.807, 2.05) is 0 Å². The molecule has 0 radical (unpaired) electrons. The number of carbonyl (C=O) groups is 1. The molecular weight excluding hydrogens is 527 g/mol. The number of carbonyl (C=O) groups excluding carboxylic acids is 1. The lowest BCUT2D eigenvalue weighted by atomic mass is 10.0. The van der Waals surface area contributed by atoms with Crippen LogP contribution < -0.4 is 11.1 Å². The van der Waals surface area contributed by atoms with Crippen molar-refractivity contribution in [3.8, 4) is 0 Å². The van der Waals surface area contributed by atoms with Crippen molar-refractivity contribution in [1.82, 2.24) is 5.32 Å². The number of hydrogen-bond acceptors (Lipinski definition) is 6. The lowest BCUT2D eigenvalue weighted by Gasteiger charge is -2.25. The summed E-state index contributed by atoms with van der Waals surface area (Å²) in [6.07, 6.45) is 25.5. The molecule has 3 unspecified atom stereocenters. The van der Waals surface area contributed by atoms with Gasteiger partial charge in [-0.3, -0.25) is 13.8 Å². The van der Waals surface area contributed by atoms with Crippen molar-refractivity contribution in [2.45, 2.75) is 174 Å². The zero-order chi connectivity index (χ0) is 29.7. The van der Waals surface area contributed by atoms with E-state index in [4.69, 9.17) is 14.8 Å². The van der Waals surface area contributed by atoms with Crippen molar-refractivity contribution in [3.05, 3.63) is 0 Å². The van der Waals surface area contributed by atoms with Crippen LogP contribution in [0, 0.1) is 0 Å². The largest absolute Gasteiger partial charge is 0.472 e. The van der Waals surface area contributed by atoms with E-state index >= 15 is 0 Å². The molecule has 0 aliphatic carbocycles. The van der Waals surface area contributed by atoms with Gasteiger partial charge in [0, 0.05) is 13.0 Å². The maximum Gasteiger partial charge on any atom is 0.472 e. The highest BCUT2D eigenvalue weighted by Gasteiger charge is 2.27. The third-order valence-corrected chi connectivity index (χ3v) is 8.45. The van der Waals surface area contributed by atoms with Crippen LogP contribution in [0.15, 0.2) is 0 Å². The summed E-state index contributed by atoms with van der Waals surface area (Å²) in [5.41, 5.74) is 5.33. The van der Waals surface area contributed by atoms with E-state index in [0.717, 1.165) is 38.5 Å². The van der Waals surface area contributed by atoms with Gasteiger partial charge in [-0.25, -0.2) is 4.57 Å². The molecule has 5 N–H and O–H groups in total. The first-order valence-electron chi connectivity index (χ1n) is 16.7. The molecule has 8 nitrogen and oxygen atoms in total. The van der Waals surface area contributed by atoms with Gasteiger partial charge < -0.3 is 21.1 Å². The molecule has 0 aliphatic rings. The maximum absolute atomic E-state index is 12.6. The van der Waals surface area contributed by atoms with Crippen LogP contribution in [0.4, 0.5) is 0 Å². The molecule has 0 heterocycles. The average molecular weight is 593 g/mol. The lowest BCUT2D eigenvalue weighted by molar-refractivity contribution is -0.123. The number of phosphoric acid groups is 1. The first-order valence-corrected chi connectivity index (χ1v) is 18.1. The Kier molecular flexibility index (Phi) is 28.3. The molecule has 0 fully saturated rings. The number of nitrogens with two attached hydrogens (primary N) is 1. The van der Waals surface area contributed by atoms with Crippen molar-refractivity contribution in [2.75, 3.05) is 19.8 Å². The van der Waals surface area contributed by atoms with Crippen LogP contribution in [0.2, 0.25) is 0 Å². The van der Waals surface area contributed by atoms with Gasteiger partial charge in [-0.05, 0) is 12.8 Å². The number of amides is 1. The van der Waals surface area contributed by atoms with Crippen molar-refractivity contribution in [1.29, 1.82) is 0 Å². The van der Waals surface area contributed by atoms with Crippen LogP contribution in [0.1, 0.15) is 162 Å². The van der Waals surface area contributed by atoms with Crippen LogP contribution in [0.3, 0.4) is 0 Å². The predicted molar refractivity (Wildman–Crippen MR) is 166 cm³/mol. The van der Waals surface area contributed by atoms with Crippen LogP contribution in [0.5, 0.6) is 0 Å². The van der Waals surface area contributed by atoms with Gasteiger partial charge in [0.05, 0.1) is 25.4 Å². The van der Waals surface area contributed by atoms with Crippen molar-refractivity contribution < 1.29 is 28.4 Å². The second-order valence-electron chi connectivity index (χ2n) is 11.4. The predicted octanol–water partition coefficient (Wildman–Crippen LogP) is 7.94. The molecule has 0 rings (SSSR count). The number of phosphoric ester groups is 1. The Bertz CT molecular complexity index is 610. The summed E-state index contributed by atoms with van der Waals surface area (Å²) in [5, 5.41) is 13.6. The molecule has 0 aromatic carbocycles. The van der Waals surface area contributed by atoms with Gasteiger partial charge in [0.15, 0.2) is 0 Å². The summed E-state index contributed by atoms with van der Waals surface area (Å²) in [6.45, 7) is 4.14. The minimum Gasteiger partial charge on any atom is -0.391 e.